The molecule has 1 aliphatic rings. The molecule has 0 fully saturated rings. The molecule has 1 heterocycles. The maximum atomic E-state index is 6.37. The summed E-state index contributed by atoms with van der Waals surface area (Å²) in [7, 11) is 0. The van der Waals surface area contributed by atoms with E-state index in [4.69, 9.17) is 21.1 Å². The Morgan fingerprint density at radius 2 is 1.69 bits per heavy atom. The molecule has 0 amide bonds. The zero-order valence-electron chi connectivity index (χ0n) is 16.4. The molecule has 3 aromatic carbocycles. The average Bonchev–Trinajstić information content (AvgIpc) is 2.90. The molecule has 3 aromatic rings. The smallest absolute Gasteiger partial charge is 0.157 e. The summed E-state index contributed by atoms with van der Waals surface area (Å²) in [5.74, 6) is 0.895. The van der Waals surface area contributed by atoms with Gasteiger partial charge in [-0.3, -0.25) is 0 Å². The highest BCUT2D eigenvalue weighted by Crippen LogP contribution is 2.42. The number of rotatable bonds is 6. The minimum atomic E-state index is -0.618. The highest BCUT2D eigenvalue weighted by Gasteiger charge is 2.35. The summed E-state index contributed by atoms with van der Waals surface area (Å²) in [5, 5.41) is 0.698. The van der Waals surface area contributed by atoms with E-state index in [2.05, 4.69) is 30.0 Å². The fourth-order valence-electron chi connectivity index (χ4n) is 3.64. The van der Waals surface area contributed by atoms with Crippen LogP contribution in [0.2, 0.25) is 5.02 Å². The van der Waals surface area contributed by atoms with Crippen molar-refractivity contribution in [2.45, 2.75) is 18.9 Å². The van der Waals surface area contributed by atoms with Crippen molar-refractivity contribution >= 4 is 17.3 Å². The fourth-order valence-corrected chi connectivity index (χ4v) is 3.81. The molecule has 3 nitrogen and oxygen atoms in total. The van der Waals surface area contributed by atoms with Gasteiger partial charge in [-0.15, -0.1) is 0 Å². The first-order valence-electron chi connectivity index (χ1n) is 9.81. The largest absolute Gasteiger partial charge is 0.494 e. The van der Waals surface area contributed by atoms with Gasteiger partial charge in [-0.05, 0) is 49.2 Å². The quantitative estimate of drug-likeness (QED) is 0.444. The molecule has 1 atom stereocenters. The molecule has 0 aromatic heterocycles. The topological polar surface area (TPSA) is 21.7 Å². The van der Waals surface area contributed by atoms with Crippen LogP contribution in [-0.2, 0) is 10.3 Å². The van der Waals surface area contributed by atoms with Crippen LogP contribution in [0.15, 0.2) is 91.3 Å². The van der Waals surface area contributed by atoms with Crippen LogP contribution in [0.4, 0.5) is 5.69 Å². The Kier molecular flexibility index (Phi) is 5.77. The van der Waals surface area contributed by atoms with E-state index in [1.807, 2.05) is 66.9 Å². The van der Waals surface area contributed by atoms with Crippen molar-refractivity contribution in [1.29, 1.82) is 0 Å². The zero-order valence-corrected chi connectivity index (χ0v) is 17.2. The molecule has 1 unspecified atom stereocenters. The number of hydrogen-bond acceptors (Lipinski definition) is 3. The monoisotopic (exact) mass is 405 g/mol. The summed E-state index contributed by atoms with van der Waals surface area (Å²) in [6, 6.07) is 26.1. The number of benzene rings is 3. The molecule has 0 aliphatic carbocycles. The van der Waals surface area contributed by atoms with E-state index in [0.29, 0.717) is 11.6 Å². The van der Waals surface area contributed by atoms with Crippen LogP contribution < -0.4 is 9.64 Å². The molecule has 0 spiro atoms. The van der Waals surface area contributed by atoms with Crippen molar-refractivity contribution in [2.24, 2.45) is 0 Å². The van der Waals surface area contributed by atoms with Crippen LogP contribution in [0, 0.1) is 0 Å². The SMILES string of the molecule is CC1(c2ccccc2)OC=CN(CCCOc2ccccc2)c2ccc(Cl)cc21. The van der Waals surface area contributed by atoms with Gasteiger partial charge in [-0.25, -0.2) is 0 Å². The predicted octanol–water partition coefficient (Wildman–Crippen LogP) is 6.38. The van der Waals surface area contributed by atoms with Crippen LogP contribution in [0.25, 0.3) is 0 Å². The van der Waals surface area contributed by atoms with E-state index in [9.17, 15) is 0 Å². The molecular weight excluding hydrogens is 382 g/mol. The lowest BCUT2D eigenvalue weighted by Crippen LogP contribution is -2.27. The summed E-state index contributed by atoms with van der Waals surface area (Å²) in [5.41, 5.74) is 2.61. The van der Waals surface area contributed by atoms with Gasteiger partial charge in [0.15, 0.2) is 5.60 Å². The molecule has 29 heavy (non-hydrogen) atoms. The Morgan fingerprint density at radius 1 is 0.966 bits per heavy atom. The van der Waals surface area contributed by atoms with Crippen molar-refractivity contribution in [3.63, 3.8) is 0 Å². The molecule has 4 heteroatoms. The van der Waals surface area contributed by atoms with Crippen molar-refractivity contribution in [3.05, 3.63) is 107 Å². The van der Waals surface area contributed by atoms with E-state index in [1.165, 1.54) is 0 Å². The Hall–Kier alpha value is -2.91. The first kappa shape index (κ1) is 19.4. The highest BCUT2D eigenvalue weighted by atomic mass is 35.5. The van der Waals surface area contributed by atoms with Crippen LogP contribution in [0.1, 0.15) is 24.5 Å². The minimum Gasteiger partial charge on any atom is -0.494 e. The summed E-state index contributed by atoms with van der Waals surface area (Å²) < 4.78 is 12.1. The normalized spacial score (nSPS) is 17.9. The number of hydrogen-bond donors (Lipinski definition) is 0. The number of nitrogens with zero attached hydrogens (tertiary/aromatic N) is 1. The molecule has 0 saturated heterocycles. The lowest BCUT2D eigenvalue weighted by Gasteiger charge is -2.32. The Balaban J connectivity index is 1.55. The van der Waals surface area contributed by atoms with E-state index < -0.39 is 5.60 Å². The fraction of sp³-hybridized carbons (Fsp3) is 0.200. The van der Waals surface area contributed by atoms with Gasteiger partial charge < -0.3 is 14.4 Å². The number of para-hydroxylation sites is 1. The molecule has 4 rings (SSSR count). The third kappa shape index (κ3) is 4.25. The van der Waals surface area contributed by atoms with Gasteiger partial charge >= 0.3 is 0 Å². The Morgan fingerprint density at radius 3 is 2.45 bits per heavy atom. The van der Waals surface area contributed by atoms with Crippen LogP contribution >= 0.6 is 11.6 Å². The molecule has 0 saturated carbocycles. The van der Waals surface area contributed by atoms with Crippen LogP contribution in [0.3, 0.4) is 0 Å². The first-order chi connectivity index (χ1) is 14.2. The first-order valence-corrected chi connectivity index (χ1v) is 10.2. The summed E-state index contributed by atoms with van der Waals surface area (Å²) in [4.78, 5) is 2.20. The lowest BCUT2D eigenvalue weighted by molar-refractivity contribution is 0.0788. The van der Waals surface area contributed by atoms with E-state index >= 15 is 0 Å². The van der Waals surface area contributed by atoms with Crippen molar-refractivity contribution in [1.82, 2.24) is 0 Å². The van der Waals surface area contributed by atoms with E-state index in [1.54, 1.807) is 6.26 Å². The zero-order chi connectivity index (χ0) is 20.1. The maximum Gasteiger partial charge on any atom is 0.157 e. The molecule has 148 valence electrons. The van der Waals surface area contributed by atoms with E-state index in [-0.39, 0.29) is 0 Å². The molecule has 0 radical (unpaired) electrons. The molecule has 0 N–H and O–H groups in total. The van der Waals surface area contributed by atoms with Gasteiger partial charge in [0.1, 0.15) is 12.0 Å². The number of halogens is 1. The highest BCUT2D eigenvalue weighted by molar-refractivity contribution is 6.30. The Bertz CT molecular complexity index is 975. The molecule has 1 aliphatic heterocycles. The van der Waals surface area contributed by atoms with Crippen LogP contribution in [0.5, 0.6) is 5.75 Å². The van der Waals surface area contributed by atoms with Crippen LogP contribution in [-0.4, -0.2) is 13.2 Å². The van der Waals surface area contributed by atoms with Crippen molar-refractivity contribution in [2.75, 3.05) is 18.1 Å². The van der Waals surface area contributed by atoms with E-state index in [0.717, 1.165) is 35.5 Å². The summed E-state index contributed by atoms with van der Waals surface area (Å²) in [6.07, 6.45) is 4.64. The lowest BCUT2D eigenvalue weighted by atomic mass is 9.86. The molecule has 0 bridgehead atoms. The number of ether oxygens (including phenoxy) is 2. The summed E-state index contributed by atoms with van der Waals surface area (Å²) in [6.45, 7) is 3.55. The second-order valence-electron chi connectivity index (χ2n) is 7.17. The maximum absolute atomic E-state index is 6.37. The minimum absolute atomic E-state index is 0.618. The van der Waals surface area contributed by atoms with Crippen molar-refractivity contribution in [3.8, 4) is 5.75 Å². The van der Waals surface area contributed by atoms with Gasteiger partial charge in [-0.1, -0.05) is 60.1 Å². The number of fused-ring (bicyclic) bond motifs is 1. The number of anilines is 1. The van der Waals surface area contributed by atoms with Gasteiger partial charge in [-0.2, -0.15) is 0 Å². The Labute approximate surface area is 177 Å². The second kappa shape index (κ2) is 8.62. The third-order valence-corrected chi connectivity index (χ3v) is 5.44. The third-order valence-electron chi connectivity index (χ3n) is 5.21. The van der Waals surface area contributed by atoms with Gasteiger partial charge in [0.05, 0.1) is 6.61 Å². The van der Waals surface area contributed by atoms with Gasteiger partial charge in [0.25, 0.3) is 0 Å². The van der Waals surface area contributed by atoms with Crippen molar-refractivity contribution < 1.29 is 9.47 Å². The molecular formula is C25H24ClNO2. The van der Waals surface area contributed by atoms with Gasteiger partial charge in [0.2, 0.25) is 0 Å². The van der Waals surface area contributed by atoms with Gasteiger partial charge in [0, 0.05) is 29.0 Å². The standard InChI is InChI=1S/C25H24ClNO2/c1-25(20-9-4-2-5-10-20)23-19-21(26)13-14-24(23)27(16-18-29-25)15-8-17-28-22-11-6-3-7-12-22/h2-7,9-14,16,18-19H,8,15,17H2,1H3. The second-order valence-corrected chi connectivity index (χ2v) is 7.61. The summed E-state index contributed by atoms with van der Waals surface area (Å²) >= 11 is 6.37. The predicted molar refractivity (Wildman–Crippen MR) is 118 cm³/mol. The average molecular weight is 406 g/mol.